The molecular weight excluding hydrogens is 414 g/mol. The van der Waals surface area contributed by atoms with E-state index in [1.54, 1.807) is 11.3 Å². The summed E-state index contributed by atoms with van der Waals surface area (Å²) < 4.78 is 11.8. The van der Waals surface area contributed by atoms with Crippen molar-refractivity contribution >= 4 is 17.2 Å². The summed E-state index contributed by atoms with van der Waals surface area (Å²) in [6.07, 6.45) is 1.03. The number of amides is 1. The Kier molecular flexibility index (Phi) is 7.46. The van der Waals surface area contributed by atoms with Crippen LogP contribution in [0.1, 0.15) is 36.1 Å². The molecule has 31 heavy (non-hydrogen) atoms. The highest BCUT2D eigenvalue weighted by molar-refractivity contribution is 7.13. The van der Waals surface area contributed by atoms with E-state index < -0.39 is 12.5 Å². The topological polar surface area (TPSA) is 97.5 Å². The molecule has 0 spiro atoms. The van der Waals surface area contributed by atoms with Crippen molar-refractivity contribution in [2.45, 2.75) is 41.0 Å². The monoisotopic (exact) mass is 443 g/mol. The number of carbonyl (C=O) groups excluding carboxylic acids is 1. The van der Waals surface area contributed by atoms with Crippen molar-refractivity contribution in [3.05, 3.63) is 39.8 Å². The fraction of sp³-hybridized carbons (Fsp3) is 0.435. The van der Waals surface area contributed by atoms with Gasteiger partial charge in [-0.25, -0.2) is 0 Å². The van der Waals surface area contributed by atoms with Gasteiger partial charge in [-0.3, -0.25) is 4.79 Å². The minimum absolute atomic E-state index is 0.313. The SMILES string of the molecule is Cc1cc(-c2nnc(-c3scc(CC(C)C)c3C)o2)cc(C)c1OCCNC(=O)CO. The average Bonchev–Trinajstić information content (AvgIpc) is 3.33. The summed E-state index contributed by atoms with van der Waals surface area (Å²) in [5.41, 5.74) is 5.26. The second kappa shape index (κ2) is 10.1. The Bertz CT molecular complexity index is 1030. The van der Waals surface area contributed by atoms with Gasteiger partial charge in [0, 0.05) is 5.56 Å². The quantitative estimate of drug-likeness (QED) is 0.484. The second-order valence-electron chi connectivity index (χ2n) is 8.02. The van der Waals surface area contributed by atoms with Gasteiger partial charge in [0.05, 0.1) is 11.4 Å². The number of aliphatic hydroxyl groups excluding tert-OH is 1. The van der Waals surface area contributed by atoms with Crippen LogP contribution in [0, 0.1) is 26.7 Å². The predicted octanol–water partition coefficient (Wildman–Crippen LogP) is 4.08. The number of hydrogen-bond donors (Lipinski definition) is 2. The lowest BCUT2D eigenvalue weighted by molar-refractivity contribution is -0.123. The summed E-state index contributed by atoms with van der Waals surface area (Å²) in [5, 5.41) is 22.0. The van der Waals surface area contributed by atoms with E-state index in [9.17, 15) is 4.79 Å². The Morgan fingerprint density at radius 2 is 1.87 bits per heavy atom. The van der Waals surface area contributed by atoms with E-state index in [1.807, 2.05) is 26.0 Å². The summed E-state index contributed by atoms with van der Waals surface area (Å²) in [7, 11) is 0. The first kappa shape index (κ1) is 23.0. The molecule has 0 radical (unpaired) electrons. The molecule has 1 amide bonds. The van der Waals surface area contributed by atoms with Crippen LogP contribution in [-0.2, 0) is 11.2 Å². The molecule has 0 bridgehead atoms. The molecule has 0 aliphatic heterocycles. The highest BCUT2D eigenvalue weighted by Crippen LogP contribution is 2.35. The smallest absolute Gasteiger partial charge is 0.258 e. The summed E-state index contributed by atoms with van der Waals surface area (Å²) in [6, 6.07) is 3.91. The molecule has 8 heteroatoms. The second-order valence-corrected chi connectivity index (χ2v) is 8.90. The lowest BCUT2D eigenvalue weighted by Gasteiger charge is -2.13. The number of aliphatic hydroxyl groups is 1. The van der Waals surface area contributed by atoms with Crippen molar-refractivity contribution in [3.63, 3.8) is 0 Å². The summed E-state index contributed by atoms with van der Waals surface area (Å²) in [5.74, 6) is 1.95. The van der Waals surface area contributed by atoms with Gasteiger partial charge in [-0.15, -0.1) is 21.5 Å². The van der Waals surface area contributed by atoms with Gasteiger partial charge in [-0.2, -0.15) is 0 Å². The Morgan fingerprint density at radius 1 is 1.19 bits per heavy atom. The first-order chi connectivity index (χ1) is 14.8. The molecule has 3 rings (SSSR count). The molecule has 0 unspecified atom stereocenters. The van der Waals surface area contributed by atoms with E-state index in [0.717, 1.165) is 33.7 Å². The molecule has 1 aromatic carbocycles. The molecule has 2 heterocycles. The average molecular weight is 444 g/mol. The van der Waals surface area contributed by atoms with Crippen LogP contribution in [0.4, 0.5) is 0 Å². The zero-order chi connectivity index (χ0) is 22.5. The molecular formula is C23H29N3O4S. The maximum absolute atomic E-state index is 11.1. The molecule has 166 valence electrons. The van der Waals surface area contributed by atoms with E-state index in [-0.39, 0.29) is 0 Å². The van der Waals surface area contributed by atoms with Gasteiger partial charge in [-0.05, 0) is 72.9 Å². The number of carbonyl (C=O) groups is 1. The Morgan fingerprint density at radius 3 is 2.52 bits per heavy atom. The third kappa shape index (κ3) is 5.51. The standard InChI is InChI=1S/C23H29N3O4S/c1-13(2)8-18-12-31-21(16(18)5)23-26-25-22(30-23)17-9-14(3)20(15(4)10-17)29-7-6-24-19(28)11-27/h9-10,12-13,27H,6-8,11H2,1-5H3,(H,24,28). The fourth-order valence-electron chi connectivity index (χ4n) is 3.44. The first-order valence-electron chi connectivity index (χ1n) is 10.3. The molecule has 3 aromatic rings. The number of nitrogens with one attached hydrogen (secondary N) is 1. The number of nitrogens with zero attached hydrogens (tertiary/aromatic N) is 2. The normalized spacial score (nSPS) is 11.2. The molecule has 2 aromatic heterocycles. The van der Waals surface area contributed by atoms with E-state index in [2.05, 4.69) is 41.7 Å². The Hall–Kier alpha value is -2.71. The van der Waals surface area contributed by atoms with Crippen molar-refractivity contribution in [2.24, 2.45) is 5.92 Å². The van der Waals surface area contributed by atoms with E-state index in [0.29, 0.717) is 30.9 Å². The maximum atomic E-state index is 11.1. The Labute approximate surface area is 186 Å². The Balaban J connectivity index is 1.75. The van der Waals surface area contributed by atoms with Crippen LogP contribution in [0.25, 0.3) is 22.2 Å². The minimum atomic E-state index is -0.525. The molecule has 0 aliphatic rings. The molecule has 0 saturated carbocycles. The maximum Gasteiger partial charge on any atom is 0.258 e. The van der Waals surface area contributed by atoms with Crippen molar-refractivity contribution in [1.29, 1.82) is 0 Å². The van der Waals surface area contributed by atoms with Crippen LogP contribution in [0.15, 0.2) is 21.9 Å². The molecule has 2 N–H and O–H groups in total. The van der Waals surface area contributed by atoms with Crippen molar-refractivity contribution < 1.29 is 19.1 Å². The number of ether oxygens (including phenoxy) is 1. The van der Waals surface area contributed by atoms with Gasteiger partial charge < -0.3 is 19.6 Å². The lowest BCUT2D eigenvalue weighted by atomic mass is 10.0. The van der Waals surface area contributed by atoms with Gasteiger partial charge in [-0.1, -0.05) is 13.8 Å². The van der Waals surface area contributed by atoms with E-state index in [1.165, 1.54) is 11.1 Å². The van der Waals surface area contributed by atoms with Crippen LogP contribution in [-0.4, -0.2) is 41.0 Å². The largest absolute Gasteiger partial charge is 0.491 e. The van der Waals surface area contributed by atoms with E-state index >= 15 is 0 Å². The zero-order valence-corrected chi connectivity index (χ0v) is 19.4. The molecule has 0 atom stereocenters. The van der Waals surface area contributed by atoms with Crippen LogP contribution in [0.2, 0.25) is 0 Å². The van der Waals surface area contributed by atoms with Crippen molar-refractivity contribution in [3.8, 4) is 28.0 Å². The summed E-state index contributed by atoms with van der Waals surface area (Å²) in [6.45, 7) is 10.6. The molecule has 7 nitrogen and oxygen atoms in total. The number of aryl methyl sites for hydroxylation is 2. The fourth-order valence-corrected chi connectivity index (χ4v) is 4.46. The third-order valence-electron chi connectivity index (χ3n) is 4.91. The summed E-state index contributed by atoms with van der Waals surface area (Å²) in [4.78, 5) is 12.1. The van der Waals surface area contributed by atoms with Crippen LogP contribution in [0.3, 0.4) is 0 Å². The molecule has 0 aliphatic carbocycles. The number of rotatable bonds is 9. The van der Waals surface area contributed by atoms with Gasteiger partial charge in [0.2, 0.25) is 11.8 Å². The molecule has 0 fully saturated rings. The molecule has 0 saturated heterocycles. The third-order valence-corrected chi connectivity index (χ3v) is 6.03. The first-order valence-corrected chi connectivity index (χ1v) is 11.2. The number of thiophene rings is 1. The van der Waals surface area contributed by atoms with Gasteiger partial charge >= 0.3 is 0 Å². The predicted molar refractivity (Wildman–Crippen MR) is 121 cm³/mol. The van der Waals surface area contributed by atoms with Crippen LogP contribution >= 0.6 is 11.3 Å². The number of benzene rings is 1. The van der Waals surface area contributed by atoms with E-state index in [4.69, 9.17) is 14.3 Å². The summed E-state index contributed by atoms with van der Waals surface area (Å²) >= 11 is 1.64. The highest BCUT2D eigenvalue weighted by atomic mass is 32.1. The number of aromatic nitrogens is 2. The van der Waals surface area contributed by atoms with Crippen LogP contribution in [0.5, 0.6) is 5.75 Å². The van der Waals surface area contributed by atoms with Crippen molar-refractivity contribution in [2.75, 3.05) is 19.8 Å². The number of hydrogen-bond acceptors (Lipinski definition) is 7. The van der Waals surface area contributed by atoms with Gasteiger partial charge in [0.25, 0.3) is 5.89 Å². The minimum Gasteiger partial charge on any atom is -0.491 e. The van der Waals surface area contributed by atoms with Gasteiger partial charge in [0.15, 0.2) is 0 Å². The van der Waals surface area contributed by atoms with Crippen LogP contribution < -0.4 is 10.1 Å². The lowest BCUT2D eigenvalue weighted by Crippen LogP contribution is -2.30. The van der Waals surface area contributed by atoms with Gasteiger partial charge in [0.1, 0.15) is 19.0 Å². The van der Waals surface area contributed by atoms with Crippen molar-refractivity contribution in [1.82, 2.24) is 15.5 Å². The highest BCUT2D eigenvalue weighted by Gasteiger charge is 2.18. The zero-order valence-electron chi connectivity index (χ0n) is 18.6.